The predicted molar refractivity (Wildman–Crippen MR) is 81.1 cm³/mol. The number of hydrogen-bond donors (Lipinski definition) is 2. The minimum atomic E-state index is -0.0473. The fraction of sp³-hybridized carbons (Fsp3) is 0.118. The molecule has 2 aromatic rings. The Bertz CT molecular complexity index is 643. The summed E-state index contributed by atoms with van der Waals surface area (Å²) < 4.78 is 0. The number of carbonyl (C=O) groups excluding carboxylic acids is 1. The second-order valence-electron chi connectivity index (χ2n) is 4.71. The number of benzene rings is 2. The Morgan fingerprint density at radius 1 is 1.10 bits per heavy atom. The molecule has 0 saturated carbocycles. The van der Waals surface area contributed by atoms with Crippen LogP contribution in [0.4, 0.5) is 5.69 Å². The molecule has 0 heterocycles. The van der Waals surface area contributed by atoms with Gasteiger partial charge in [-0.3, -0.25) is 4.79 Å². The van der Waals surface area contributed by atoms with Crippen molar-refractivity contribution in [3.63, 3.8) is 0 Å². The van der Waals surface area contributed by atoms with Crippen molar-refractivity contribution in [3.8, 4) is 5.75 Å². The zero-order valence-corrected chi connectivity index (χ0v) is 11.6. The van der Waals surface area contributed by atoms with Gasteiger partial charge in [-0.25, -0.2) is 0 Å². The van der Waals surface area contributed by atoms with Crippen LogP contribution in [0.3, 0.4) is 0 Å². The van der Waals surface area contributed by atoms with Crippen molar-refractivity contribution in [2.75, 3.05) is 5.32 Å². The van der Waals surface area contributed by atoms with E-state index in [1.807, 2.05) is 38.1 Å². The number of phenols is 1. The van der Waals surface area contributed by atoms with Crippen LogP contribution < -0.4 is 5.32 Å². The van der Waals surface area contributed by atoms with Crippen molar-refractivity contribution in [1.82, 2.24) is 0 Å². The Kier molecular flexibility index (Phi) is 4.20. The number of phenolic OH excluding ortho intramolecular Hbond substituents is 1. The first-order chi connectivity index (χ1) is 9.56. The van der Waals surface area contributed by atoms with Crippen LogP contribution in [0, 0.1) is 13.8 Å². The predicted octanol–water partition coefficient (Wildman–Crippen LogP) is 3.82. The van der Waals surface area contributed by atoms with Crippen molar-refractivity contribution in [2.45, 2.75) is 13.8 Å². The third-order valence-electron chi connectivity index (χ3n) is 3.02. The molecule has 0 amide bonds. The molecule has 0 atom stereocenters. The summed E-state index contributed by atoms with van der Waals surface area (Å²) >= 11 is 0. The van der Waals surface area contributed by atoms with E-state index in [1.165, 1.54) is 6.08 Å². The topological polar surface area (TPSA) is 49.3 Å². The molecular weight excluding hydrogens is 250 g/mol. The zero-order valence-electron chi connectivity index (χ0n) is 11.6. The Balaban J connectivity index is 2.02. The van der Waals surface area contributed by atoms with E-state index in [-0.39, 0.29) is 11.5 Å². The lowest BCUT2D eigenvalue weighted by Crippen LogP contribution is -1.97. The van der Waals surface area contributed by atoms with Crippen LogP contribution in [0.25, 0.3) is 0 Å². The van der Waals surface area contributed by atoms with Crippen LogP contribution in [0.5, 0.6) is 5.75 Å². The van der Waals surface area contributed by atoms with E-state index in [1.54, 1.807) is 24.4 Å². The molecule has 3 nitrogen and oxygen atoms in total. The lowest BCUT2D eigenvalue weighted by atomic mass is 10.1. The van der Waals surface area contributed by atoms with E-state index in [0.29, 0.717) is 5.56 Å². The molecule has 0 bridgehead atoms. The number of carbonyl (C=O) groups is 1. The van der Waals surface area contributed by atoms with Gasteiger partial charge in [-0.1, -0.05) is 29.8 Å². The summed E-state index contributed by atoms with van der Waals surface area (Å²) in [5, 5.41) is 12.4. The van der Waals surface area contributed by atoms with Gasteiger partial charge in [0.25, 0.3) is 0 Å². The number of rotatable bonds is 4. The molecule has 3 heteroatoms. The zero-order chi connectivity index (χ0) is 14.5. The lowest BCUT2D eigenvalue weighted by molar-refractivity contribution is 0.104. The molecule has 102 valence electrons. The second kappa shape index (κ2) is 6.06. The maximum Gasteiger partial charge on any atom is 0.187 e. The number of anilines is 1. The van der Waals surface area contributed by atoms with Crippen LogP contribution in [0.15, 0.2) is 54.7 Å². The van der Waals surface area contributed by atoms with Crippen molar-refractivity contribution in [1.29, 1.82) is 0 Å². The van der Waals surface area contributed by atoms with E-state index in [9.17, 15) is 9.90 Å². The Morgan fingerprint density at radius 2 is 1.80 bits per heavy atom. The first kappa shape index (κ1) is 13.9. The molecule has 20 heavy (non-hydrogen) atoms. The van der Waals surface area contributed by atoms with E-state index in [0.717, 1.165) is 16.8 Å². The second-order valence-corrected chi connectivity index (χ2v) is 4.71. The van der Waals surface area contributed by atoms with Crippen molar-refractivity contribution >= 4 is 11.5 Å². The van der Waals surface area contributed by atoms with Gasteiger partial charge in [-0.15, -0.1) is 0 Å². The molecular formula is C17H17NO2. The molecule has 0 fully saturated rings. The van der Waals surface area contributed by atoms with Gasteiger partial charge in [0, 0.05) is 23.5 Å². The lowest BCUT2D eigenvalue weighted by Gasteiger charge is -2.05. The van der Waals surface area contributed by atoms with Gasteiger partial charge in [0.05, 0.1) is 0 Å². The highest BCUT2D eigenvalue weighted by Crippen LogP contribution is 2.19. The fourth-order valence-electron chi connectivity index (χ4n) is 1.83. The third kappa shape index (κ3) is 3.48. The minimum Gasteiger partial charge on any atom is -0.508 e. The summed E-state index contributed by atoms with van der Waals surface area (Å²) in [7, 11) is 0. The number of nitrogens with one attached hydrogen (secondary N) is 1. The van der Waals surface area contributed by atoms with Gasteiger partial charge >= 0.3 is 0 Å². The normalized spacial score (nSPS) is 10.7. The maximum atomic E-state index is 11.9. The highest BCUT2D eigenvalue weighted by Gasteiger charge is 2.01. The number of ketones is 1. The standard InChI is InChI=1S/C17H17NO2/c1-12-3-5-14(6-4-12)17(20)9-10-18-16-8-7-15(19)11-13(16)2/h3-11,18-19H,1-2H3/b10-9+. The number of aromatic hydroxyl groups is 1. The van der Waals surface area contributed by atoms with E-state index in [2.05, 4.69) is 5.32 Å². The summed E-state index contributed by atoms with van der Waals surface area (Å²) in [6.45, 7) is 3.87. The van der Waals surface area contributed by atoms with E-state index >= 15 is 0 Å². The van der Waals surface area contributed by atoms with Gasteiger partial charge in [-0.2, -0.15) is 0 Å². The molecule has 2 rings (SSSR count). The molecule has 0 spiro atoms. The van der Waals surface area contributed by atoms with Crippen molar-refractivity contribution in [2.24, 2.45) is 0 Å². The number of aryl methyl sites for hydroxylation is 2. The van der Waals surface area contributed by atoms with Gasteiger partial charge in [0.1, 0.15) is 5.75 Å². The Labute approximate surface area is 118 Å². The van der Waals surface area contributed by atoms with Crippen LogP contribution in [0.1, 0.15) is 21.5 Å². The molecule has 0 aliphatic rings. The molecule has 2 aromatic carbocycles. The third-order valence-corrected chi connectivity index (χ3v) is 3.02. The average Bonchev–Trinajstić information content (AvgIpc) is 2.42. The molecule has 0 aliphatic carbocycles. The SMILES string of the molecule is Cc1ccc(C(=O)/C=C/Nc2ccc(O)cc2C)cc1. The summed E-state index contributed by atoms with van der Waals surface area (Å²) in [5.74, 6) is 0.182. The van der Waals surface area contributed by atoms with Crippen molar-refractivity contribution < 1.29 is 9.90 Å². The van der Waals surface area contributed by atoms with E-state index < -0.39 is 0 Å². The molecule has 0 radical (unpaired) electrons. The number of hydrogen-bond acceptors (Lipinski definition) is 3. The summed E-state index contributed by atoms with van der Waals surface area (Å²) in [4.78, 5) is 11.9. The summed E-state index contributed by atoms with van der Waals surface area (Å²) in [5.41, 5.74) is 3.56. The average molecular weight is 267 g/mol. The molecule has 0 aliphatic heterocycles. The van der Waals surface area contributed by atoms with Crippen LogP contribution >= 0.6 is 0 Å². The highest BCUT2D eigenvalue weighted by molar-refractivity contribution is 6.04. The molecule has 0 saturated heterocycles. The van der Waals surface area contributed by atoms with Crippen LogP contribution in [-0.2, 0) is 0 Å². The maximum absolute atomic E-state index is 11.9. The first-order valence-corrected chi connectivity index (χ1v) is 6.40. The van der Waals surface area contributed by atoms with Gasteiger partial charge in [-0.05, 0) is 37.6 Å². The minimum absolute atomic E-state index is 0.0473. The fourth-order valence-corrected chi connectivity index (χ4v) is 1.83. The quantitative estimate of drug-likeness (QED) is 0.503. The largest absolute Gasteiger partial charge is 0.508 e. The van der Waals surface area contributed by atoms with Gasteiger partial charge in [0.2, 0.25) is 0 Å². The van der Waals surface area contributed by atoms with Crippen LogP contribution in [-0.4, -0.2) is 10.9 Å². The molecule has 0 aromatic heterocycles. The van der Waals surface area contributed by atoms with Crippen molar-refractivity contribution in [3.05, 3.63) is 71.4 Å². The first-order valence-electron chi connectivity index (χ1n) is 6.40. The van der Waals surface area contributed by atoms with E-state index in [4.69, 9.17) is 0 Å². The Hall–Kier alpha value is -2.55. The summed E-state index contributed by atoms with van der Waals surface area (Å²) in [6, 6.07) is 12.5. The molecule has 2 N–H and O–H groups in total. The van der Waals surface area contributed by atoms with Gasteiger partial charge < -0.3 is 10.4 Å². The smallest absolute Gasteiger partial charge is 0.187 e. The van der Waals surface area contributed by atoms with Crippen LogP contribution in [0.2, 0.25) is 0 Å². The number of allylic oxidation sites excluding steroid dienone is 1. The summed E-state index contributed by atoms with van der Waals surface area (Å²) in [6.07, 6.45) is 3.11. The van der Waals surface area contributed by atoms with Gasteiger partial charge in [0.15, 0.2) is 5.78 Å². The Morgan fingerprint density at radius 3 is 2.45 bits per heavy atom. The monoisotopic (exact) mass is 267 g/mol. The highest BCUT2D eigenvalue weighted by atomic mass is 16.3. The molecule has 0 unspecified atom stereocenters.